The van der Waals surface area contributed by atoms with Crippen LogP contribution in [0.4, 0.5) is 5.95 Å². The number of nitrogens with zero attached hydrogens (tertiary/aromatic N) is 2. The summed E-state index contributed by atoms with van der Waals surface area (Å²) in [4.78, 5) is 20.4. The van der Waals surface area contributed by atoms with Crippen molar-refractivity contribution in [3.05, 3.63) is 52.8 Å². The van der Waals surface area contributed by atoms with E-state index >= 15 is 0 Å². The fourth-order valence-electron chi connectivity index (χ4n) is 1.75. The molecule has 0 aliphatic rings. The van der Waals surface area contributed by atoms with Crippen LogP contribution in [0.5, 0.6) is 0 Å². The van der Waals surface area contributed by atoms with Gasteiger partial charge in [0, 0.05) is 23.5 Å². The lowest BCUT2D eigenvalue weighted by molar-refractivity contribution is 0.102. The molecule has 114 valence electrons. The summed E-state index contributed by atoms with van der Waals surface area (Å²) in [5, 5.41) is 2.68. The zero-order chi connectivity index (χ0) is 13.8. The third-order valence-electron chi connectivity index (χ3n) is 2.66. The van der Waals surface area contributed by atoms with Crippen LogP contribution in [0.25, 0.3) is 0 Å². The van der Waals surface area contributed by atoms with Crippen LogP contribution in [-0.4, -0.2) is 15.9 Å². The van der Waals surface area contributed by atoms with Gasteiger partial charge in [0.2, 0.25) is 5.95 Å². The summed E-state index contributed by atoms with van der Waals surface area (Å²) < 4.78 is 0. The van der Waals surface area contributed by atoms with Crippen molar-refractivity contribution in [3.8, 4) is 0 Å². The number of benzene rings is 1. The molecule has 2 aromatic rings. The molecule has 0 saturated carbocycles. The van der Waals surface area contributed by atoms with Crippen molar-refractivity contribution in [2.75, 3.05) is 5.32 Å². The monoisotopic (exact) mass is 328 g/mol. The van der Waals surface area contributed by atoms with Crippen molar-refractivity contribution in [2.24, 2.45) is 5.73 Å². The van der Waals surface area contributed by atoms with Crippen LogP contribution < -0.4 is 11.1 Å². The Hall–Kier alpha value is -1.69. The molecular formula is C14H18Cl2N4O. The maximum atomic E-state index is 12.0. The fraction of sp³-hybridized carbons (Fsp3) is 0.214. The van der Waals surface area contributed by atoms with Gasteiger partial charge in [-0.15, -0.1) is 24.8 Å². The largest absolute Gasteiger partial charge is 0.326 e. The van der Waals surface area contributed by atoms with E-state index in [0.29, 0.717) is 18.1 Å². The van der Waals surface area contributed by atoms with Crippen LogP contribution in [0.2, 0.25) is 0 Å². The van der Waals surface area contributed by atoms with Crippen LogP contribution in [0.3, 0.4) is 0 Å². The summed E-state index contributed by atoms with van der Waals surface area (Å²) in [5.74, 6) is 0.0963. The normalized spacial score (nSPS) is 9.29. The van der Waals surface area contributed by atoms with Crippen LogP contribution in [0.15, 0.2) is 30.3 Å². The number of carbonyl (C=O) groups is 1. The maximum Gasteiger partial charge on any atom is 0.258 e. The molecule has 5 nitrogen and oxygen atoms in total. The Labute approximate surface area is 136 Å². The number of halogens is 2. The Balaban J connectivity index is 0.00000200. The summed E-state index contributed by atoms with van der Waals surface area (Å²) in [5.41, 5.74) is 8.69. The molecule has 0 aliphatic heterocycles. The summed E-state index contributed by atoms with van der Waals surface area (Å²) in [7, 11) is 0. The Morgan fingerprint density at radius 1 is 1.10 bits per heavy atom. The molecule has 0 unspecified atom stereocenters. The molecule has 1 aromatic heterocycles. The third kappa shape index (κ3) is 5.30. The first-order valence-corrected chi connectivity index (χ1v) is 6.01. The quantitative estimate of drug-likeness (QED) is 0.907. The van der Waals surface area contributed by atoms with Gasteiger partial charge in [0.1, 0.15) is 0 Å². The number of aryl methyl sites for hydroxylation is 2. The molecule has 0 saturated heterocycles. The van der Waals surface area contributed by atoms with Crippen molar-refractivity contribution < 1.29 is 4.79 Å². The highest BCUT2D eigenvalue weighted by Gasteiger charge is 2.08. The first kappa shape index (κ1) is 19.3. The van der Waals surface area contributed by atoms with Gasteiger partial charge in [0.05, 0.1) is 0 Å². The van der Waals surface area contributed by atoms with E-state index in [-0.39, 0.29) is 30.7 Å². The molecule has 7 heteroatoms. The van der Waals surface area contributed by atoms with Gasteiger partial charge in [-0.3, -0.25) is 10.1 Å². The van der Waals surface area contributed by atoms with Gasteiger partial charge in [0.25, 0.3) is 5.91 Å². The van der Waals surface area contributed by atoms with Crippen LogP contribution in [0.1, 0.15) is 27.3 Å². The number of anilines is 1. The Morgan fingerprint density at radius 3 is 2.10 bits per heavy atom. The third-order valence-corrected chi connectivity index (χ3v) is 2.66. The molecule has 0 spiro atoms. The number of hydrogen-bond acceptors (Lipinski definition) is 4. The summed E-state index contributed by atoms with van der Waals surface area (Å²) in [6.07, 6.45) is 0. The van der Waals surface area contributed by atoms with Crippen molar-refractivity contribution in [3.63, 3.8) is 0 Å². The second-order valence-corrected chi connectivity index (χ2v) is 4.33. The molecule has 0 aliphatic carbocycles. The first-order valence-electron chi connectivity index (χ1n) is 6.01. The number of carbonyl (C=O) groups excluding carboxylic acids is 1. The van der Waals surface area contributed by atoms with Gasteiger partial charge in [-0.05, 0) is 37.6 Å². The van der Waals surface area contributed by atoms with E-state index < -0.39 is 0 Å². The minimum Gasteiger partial charge on any atom is -0.326 e. The van der Waals surface area contributed by atoms with E-state index in [9.17, 15) is 4.79 Å². The van der Waals surface area contributed by atoms with Crippen molar-refractivity contribution >= 4 is 36.7 Å². The molecule has 0 fully saturated rings. The number of nitrogens with two attached hydrogens (primary N) is 1. The average molecular weight is 329 g/mol. The predicted octanol–water partition coefficient (Wildman–Crippen LogP) is 2.65. The highest BCUT2D eigenvalue weighted by molar-refractivity contribution is 6.03. The lowest BCUT2D eigenvalue weighted by Crippen LogP contribution is -2.15. The SMILES string of the molecule is Cc1cc(C)nc(NC(=O)c2ccc(CN)cc2)n1.Cl.Cl. The number of nitrogens with one attached hydrogen (secondary N) is 1. The van der Waals surface area contributed by atoms with Crippen LogP contribution in [0, 0.1) is 13.8 Å². The molecular weight excluding hydrogens is 311 g/mol. The van der Waals surface area contributed by atoms with E-state index in [1.54, 1.807) is 12.1 Å². The number of hydrogen-bond donors (Lipinski definition) is 2. The number of amides is 1. The smallest absolute Gasteiger partial charge is 0.258 e. The molecule has 21 heavy (non-hydrogen) atoms. The standard InChI is InChI=1S/C14H16N4O.2ClH/c1-9-7-10(2)17-14(16-9)18-13(19)12-5-3-11(8-15)4-6-12;;/h3-7H,8,15H2,1-2H3,(H,16,17,18,19);2*1H. The Morgan fingerprint density at radius 2 is 1.62 bits per heavy atom. The summed E-state index contributed by atoms with van der Waals surface area (Å²) in [6, 6.07) is 8.99. The molecule has 0 bridgehead atoms. The lowest BCUT2D eigenvalue weighted by atomic mass is 10.1. The molecule has 0 radical (unpaired) electrons. The lowest BCUT2D eigenvalue weighted by Gasteiger charge is -2.06. The zero-order valence-corrected chi connectivity index (χ0v) is 13.4. The van der Waals surface area contributed by atoms with Gasteiger partial charge in [-0.1, -0.05) is 12.1 Å². The number of rotatable bonds is 3. The van der Waals surface area contributed by atoms with Gasteiger partial charge in [-0.25, -0.2) is 9.97 Å². The van der Waals surface area contributed by atoms with Crippen molar-refractivity contribution in [1.82, 2.24) is 9.97 Å². The van der Waals surface area contributed by atoms with Crippen LogP contribution in [-0.2, 0) is 6.54 Å². The van der Waals surface area contributed by atoms with Crippen molar-refractivity contribution in [1.29, 1.82) is 0 Å². The molecule has 2 rings (SSSR count). The second-order valence-electron chi connectivity index (χ2n) is 4.33. The van der Waals surface area contributed by atoms with Crippen LogP contribution >= 0.6 is 24.8 Å². The molecule has 0 atom stereocenters. The van der Waals surface area contributed by atoms with E-state index in [1.807, 2.05) is 32.0 Å². The highest BCUT2D eigenvalue weighted by atomic mass is 35.5. The van der Waals surface area contributed by atoms with Crippen molar-refractivity contribution in [2.45, 2.75) is 20.4 Å². The fourth-order valence-corrected chi connectivity index (χ4v) is 1.75. The Bertz CT molecular complexity index is 582. The van der Waals surface area contributed by atoms with E-state index in [1.165, 1.54) is 0 Å². The van der Waals surface area contributed by atoms with E-state index in [0.717, 1.165) is 17.0 Å². The summed E-state index contributed by atoms with van der Waals surface area (Å²) in [6.45, 7) is 4.18. The molecule has 1 heterocycles. The van der Waals surface area contributed by atoms with Gasteiger partial charge in [0.15, 0.2) is 0 Å². The van der Waals surface area contributed by atoms with Gasteiger partial charge < -0.3 is 5.73 Å². The second kappa shape index (κ2) is 8.56. The molecule has 1 amide bonds. The van der Waals surface area contributed by atoms with E-state index in [2.05, 4.69) is 15.3 Å². The Kier molecular flexibility index (Phi) is 7.88. The minimum atomic E-state index is -0.228. The predicted molar refractivity (Wildman–Crippen MR) is 88.3 cm³/mol. The van der Waals surface area contributed by atoms with Gasteiger partial charge >= 0.3 is 0 Å². The minimum absolute atomic E-state index is 0. The van der Waals surface area contributed by atoms with E-state index in [4.69, 9.17) is 5.73 Å². The number of aromatic nitrogens is 2. The van der Waals surface area contributed by atoms with Gasteiger partial charge in [-0.2, -0.15) is 0 Å². The zero-order valence-electron chi connectivity index (χ0n) is 11.8. The summed E-state index contributed by atoms with van der Waals surface area (Å²) >= 11 is 0. The average Bonchev–Trinajstić information content (AvgIpc) is 2.37. The topological polar surface area (TPSA) is 80.9 Å². The molecule has 3 N–H and O–H groups in total. The maximum absolute atomic E-state index is 12.0. The highest BCUT2D eigenvalue weighted by Crippen LogP contribution is 2.08. The first-order chi connectivity index (χ1) is 9.08. The molecule has 1 aromatic carbocycles.